The number of fused-ring (bicyclic) bond motifs is 6. The van der Waals surface area contributed by atoms with Gasteiger partial charge in [-0.15, -0.1) is 0 Å². The first-order valence-electron chi connectivity index (χ1n) is 17.6. The fourth-order valence-electron chi connectivity index (χ4n) is 7.90. The Labute approximate surface area is 302 Å². The molecule has 2 aromatic heterocycles. The molecule has 244 valence electrons. The minimum atomic E-state index is -1.90. The molecule has 2 heterocycles. The average Bonchev–Trinajstić information content (AvgIpc) is 3.74. The molecule has 52 heavy (non-hydrogen) atoms. The quantitative estimate of drug-likeness (QED) is 0.160. The molecule has 0 aliphatic rings. The molecule has 0 aliphatic heterocycles. The summed E-state index contributed by atoms with van der Waals surface area (Å²) in [5.41, 5.74) is 10.9. The van der Waals surface area contributed by atoms with Gasteiger partial charge in [0, 0.05) is 44.0 Å². The normalized spacial score (nSPS) is 11.5. The van der Waals surface area contributed by atoms with Crippen molar-refractivity contribution in [1.82, 2.24) is 9.13 Å². The zero-order valence-corrected chi connectivity index (χ0v) is 29.1. The third-order valence-corrected chi connectivity index (χ3v) is 11.9. The predicted molar refractivity (Wildman–Crippen MR) is 219 cm³/mol. The summed E-state index contributed by atoms with van der Waals surface area (Å²) in [7, 11) is -1.90. The van der Waals surface area contributed by atoms with Gasteiger partial charge in [0.1, 0.15) is 0 Å². The average molecular weight is 684 g/mol. The highest BCUT2D eigenvalue weighted by atomic mass is 31.1. The minimum absolute atomic E-state index is 0.830. The van der Waals surface area contributed by atoms with Gasteiger partial charge in [-0.1, -0.05) is 126 Å². The van der Waals surface area contributed by atoms with Gasteiger partial charge in [0.05, 0.1) is 22.1 Å². The summed E-state index contributed by atoms with van der Waals surface area (Å²) in [5, 5.41) is 6.62. The van der Waals surface area contributed by atoms with Crippen LogP contribution in [0, 0.1) is 0 Å². The molecular formula is C48H32N2OP+. The predicted octanol–water partition coefficient (Wildman–Crippen LogP) is 12.0. The first-order chi connectivity index (χ1) is 25.7. The Kier molecular flexibility index (Phi) is 7.20. The molecule has 0 unspecified atom stereocenters. The molecule has 0 fully saturated rings. The van der Waals surface area contributed by atoms with Crippen molar-refractivity contribution in [2.24, 2.45) is 0 Å². The van der Waals surface area contributed by atoms with Crippen molar-refractivity contribution in [2.45, 2.75) is 0 Å². The van der Waals surface area contributed by atoms with Crippen molar-refractivity contribution < 1.29 is 4.57 Å². The number of nitrogens with zero attached hydrogens (tertiary/aromatic N) is 2. The van der Waals surface area contributed by atoms with Crippen LogP contribution in [0.2, 0.25) is 0 Å². The van der Waals surface area contributed by atoms with Gasteiger partial charge in [-0.3, -0.25) is 0 Å². The van der Waals surface area contributed by atoms with E-state index in [2.05, 4.69) is 167 Å². The maximum absolute atomic E-state index is 14.7. The molecule has 0 saturated carbocycles. The molecule has 0 saturated heterocycles. The van der Waals surface area contributed by atoms with Crippen molar-refractivity contribution in [3.63, 3.8) is 0 Å². The number of para-hydroxylation sites is 4. The van der Waals surface area contributed by atoms with Crippen LogP contribution >= 0.6 is 7.80 Å². The molecule has 0 radical (unpaired) electrons. The van der Waals surface area contributed by atoms with Crippen molar-refractivity contribution in [3.05, 3.63) is 194 Å². The van der Waals surface area contributed by atoms with E-state index < -0.39 is 7.80 Å². The van der Waals surface area contributed by atoms with Crippen LogP contribution in [0.15, 0.2) is 194 Å². The second-order valence-corrected chi connectivity index (χ2v) is 14.7. The molecule has 3 nitrogen and oxygen atoms in total. The van der Waals surface area contributed by atoms with Gasteiger partial charge in [0.25, 0.3) is 0 Å². The highest BCUT2D eigenvalue weighted by Gasteiger charge is 2.30. The minimum Gasteiger partial charge on any atom is -0.309 e. The van der Waals surface area contributed by atoms with Gasteiger partial charge in [-0.25, -0.2) is 0 Å². The Morgan fingerprint density at radius 1 is 0.308 bits per heavy atom. The van der Waals surface area contributed by atoms with Crippen LogP contribution in [0.3, 0.4) is 0 Å². The summed E-state index contributed by atoms with van der Waals surface area (Å²) in [5.74, 6) is 0. The Morgan fingerprint density at radius 3 is 0.942 bits per heavy atom. The van der Waals surface area contributed by atoms with Crippen molar-refractivity contribution in [2.75, 3.05) is 0 Å². The SMILES string of the molecule is O=[P+](c1ccccc1-c1ccc(-n2c3ccccc3c3ccccc32)cc1)c1ccccc1-c1ccc(-n2c3ccccc3c3ccccc32)cc1. The van der Waals surface area contributed by atoms with Crippen LogP contribution in [-0.4, -0.2) is 9.13 Å². The van der Waals surface area contributed by atoms with Gasteiger partial charge < -0.3 is 9.13 Å². The lowest BCUT2D eigenvalue weighted by molar-refractivity contribution is 0.598. The zero-order valence-electron chi connectivity index (χ0n) is 28.2. The molecule has 0 bridgehead atoms. The van der Waals surface area contributed by atoms with E-state index >= 15 is 0 Å². The highest BCUT2D eigenvalue weighted by molar-refractivity contribution is 7.62. The third-order valence-electron chi connectivity index (χ3n) is 10.3. The smallest absolute Gasteiger partial charge is 0.309 e. The third kappa shape index (κ3) is 4.82. The maximum atomic E-state index is 14.7. The van der Waals surface area contributed by atoms with Gasteiger partial charge in [-0.05, 0) is 83.9 Å². The van der Waals surface area contributed by atoms with Crippen LogP contribution in [0.1, 0.15) is 0 Å². The van der Waals surface area contributed by atoms with E-state index in [1.54, 1.807) is 0 Å². The van der Waals surface area contributed by atoms with Crippen molar-refractivity contribution in [3.8, 4) is 33.6 Å². The van der Waals surface area contributed by atoms with Crippen LogP contribution in [0.4, 0.5) is 0 Å². The van der Waals surface area contributed by atoms with Crippen molar-refractivity contribution in [1.29, 1.82) is 0 Å². The molecule has 0 amide bonds. The molecule has 10 rings (SSSR count). The molecule has 10 aromatic rings. The number of rotatable bonds is 6. The maximum Gasteiger partial charge on any atom is 0.416 e. The van der Waals surface area contributed by atoms with E-state index in [0.29, 0.717) is 0 Å². The number of benzene rings is 8. The number of hydrogen-bond donors (Lipinski definition) is 0. The van der Waals surface area contributed by atoms with Crippen LogP contribution in [0.5, 0.6) is 0 Å². The van der Waals surface area contributed by atoms with E-state index in [4.69, 9.17) is 0 Å². The molecule has 0 aliphatic carbocycles. The summed E-state index contributed by atoms with van der Waals surface area (Å²) in [6.45, 7) is 0. The van der Waals surface area contributed by atoms with E-state index in [-0.39, 0.29) is 0 Å². The fourth-order valence-corrected chi connectivity index (χ4v) is 9.45. The van der Waals surface area contributed by atoms with E-state index in [0.717, 1.165) is 44.2 Å². The molecule has 4 heteroatoms. The lowest BCUT2D eigenvalue weighted by Gasteiger charge is -2.10. The first kappa shape index (κ1) is 30.3. The summed E-state index contributed by atoms with van der Waals surface area (Å²) in [6.07, 6.45) is 0. The molecule has 0 N–H and O–H groups in total. The number of aromatic nitrogens is 2. The summed E-state index contributed by atoms with van der Waals surface area (Å²) < 4.78 is 19.3. The Bertz CT molecular complexity index is 2660. The first-order valence-corrected chi connectivity index (χ1v) is 18.8. The largest absolute Gasteiger partial charge is 0.416 e. The standard InChI is InChI=1S/C48H32N2OP/c51-52(47-23-11-5-13-37(47)33-25-29-35(30-26-33)49-43-19-7-1-15-39(43)40-16-2-8-20-44(40)49)48-24-12-6-14-38(48)34-27-31-36(32-28-34)50-45-21-9-3-17-41(45)42-18-4-10-22-46(42)50/h1-32H/q+1. The second-order valence-electron chi connectivity index (χ2n) is 13.2. The lowest BCUT2D eigenvalue weighted by Crippen LogP contribution is -2.11. The summed E-state index contributed by atoms with van der Waals surface area (Å²) >= 11 is 0. The lowest BCUT2D eigenvalue weighted by atomic mass is 10.0. The van der Waals surface area contributed by atoms with Gasteiger partial charge in [-0.2, -0.15) is 0 Å². The molecule has 0 spiro atoms. The summed E-state index contributed by atoms with van der Waals surface area (Å²) in [4.78, 5) is 0. The Balaban J connectivity index is 1.01. The highest BCUT2D eigenvalue weighted by Crippen LogP contribution is 2.36. The Morgan fingerprint density at radius 2 is 0.596 bits per heavy atom. The summed E-state index contributed by atoms with van der Waals surface area (Å²) in [6, 6.07) is 67.8. The van der Waals surface area contributed by atoms with Crippen LogP contribution < -0.4 is 10.6 Å². The molecular weight excluding hydrogens is 652 g/mol. The fraction of sp³-hybridized carbons (Fsp3) is 0. The monoisotopic (exact) mass is 683 g/mol. The van der Waals surface area contributed by atoms with E-state index in [1.807, 2.05) is 36.4 Å². The molecule has 8 aromatic carbocycles. The van der Waals surface area contributed by atoms with Crippen LogP contribution in [-0.2, 0) is 4.57 Å². The second kappa shape index (κ2) is 12.3. The zero-order chi connectivity index (χ0) is 34.6. The Hall–Kier alpha value is -6.54. The number of hydrogen-bond acceptors (Lipinski definition) is 1. The van der Waals surface area contributed by atoms with Crippen LogP contribution in [0.25, 0.3) is 77.2 Å². The van der Waals surface area contributed by atoms with Crippen molar-refractivity contribution >= 4 is 62.0 Å². The van der Waals surface area contributed by atoms with Gasteiger partial charge in [0.2, 0.25) is 10.6 Å². The van der Waals surface area contributed by atoms with E-state index in [9.17, 15) is 4.57 Å². The van der Waals surface area contributed by atoms with Gasteiger partial charge in [0.15, 0.2) is 0 Å². The topological polar surface area (TPSA) is 26.9 Å². The molecule has 0 atom stereocenters. The van der Waals surface area contributed by atoms with E-state index in [1.165, 1.54) is 43.6 Å². The van der Waals surface area contributed by atoms with Gasteiger partial charge >= 0.3 is 7.80 Å².